The second kappa shape index (κ2) is 6.72. The molecule has 0 aliphatic heterocycles. The SMILES string of the molecule is CC(N)C(c1cccc(Br)c1)N(C)CCC(F)(F)F. The minimum atomic E-state index is -4.14. The molecule has 1 aromatic rings. The molecule has 0 spiro atoms. The Morgan fingerprint density at radius 2 is 2.00 bits per heavy atom. The van der Waals surface area contributed by atoms with Gasteiger partial charge in [-0.3, -0.25) is 4.90 Å². The standard InChI is InChI=1S/C13H18BrF3N2/c1-9(18)12(10-4-3-5-11(14)8-10)19(2)7-6-13(15,16)17/h3-5,8-9,12H,6-7,18H2,1-2H3. The Labute approximate surface area is 119 Å². The molecule has 1 aromatic carbocycles. The maximum absolute atomic E-state index is 12.3. The summed E-state index contributed by atoms with van der Waals surface area (Å²) in [6.45, 7) is 1.73. The predicted octanol–water partition coefficient (Wildman–Crippen LogP) is 3.72. The first kappa shape index (κ1) is 16.5. The summed E-state index contributed by atoms with van der Waals surface area (Å²) < 4.78 is 37.7. The molecule has 0 amide bonds. The summed E-state index contributed by atoms with van der Waals surface area (Å²) in [4.78, 5) is 1.65. The van der Waals surface area contributed by atoms with E-state index in [1.807, 2.05) is 24.3 Å². The van der Waals surface area contributed by atoms with Crippen molar-refractivity contribution in [2.45, 2.75) is 31.6 Å². The Balaban J connectivity index is 2.83. The largest absolute Gasteiger partial charge is 0.390 e. The zero-order valence-corrected chi connectivity index (χ0v) is 12.5. The van der Waals surface area contributed by atoms with Gasteiger partial charge < -0.3 is 5.73 Å². The number of nitrogens with two attached hydrogens (primary N) is 1. The number of hydrogen-bond donors (Lipinski definition) is 1. The first-order valence-corrected chi connectivity index (χ1v) is 6.78. The minimum Gasteiger partial charge on any atom is -0.326 e. The van der Waals surface area contributed by atoms with Crippen LogP contribution in [-0.4, -0.2) is 30.7 Å². The molecule has 2 atom stereocenters. The van der Waals surface area contributed by atoms with E-state index >= 15 is 0 Å². The van der Waals surface area contributed by atoms with E-state index in [1.165, 1.54) is 0 Å². The fourth-order valence-electron chi connectivity index (χ4n) is 2.09. The summed E-state index contributed by atoms with van der Waals surface area (Å²) in [6, 6.07) is 7.00. The zero-order chi connectivity index (χ0) is 14.6. The van der Waals surface area contributed by atoms with E-state index in [2.05, 4.69) is 15.9 Å². The molecule has 0 radical (unpaired) electrons. The average molecular weight is 339 g/mol. The third-order valence-electron chi connectivity index (χ3n) is 2.91. The summed E-state index contributed by atoms with van der Waals surface area (Å²) in [5, 5.41) is 0. The normalized spacial score (nSPS) is 15.6. The van der Waals surface area contributed by atoms with Crippen LogP contribution >= 0.6 is 15.9 Å². The topological polar surface area (TPSA) is 29.3 Å². The Morgan fingerprint density at radius 3 is 2.47 bits per heavy atom. The van der Waals surface area contributed by atoms with Gasteiger partial charge in [0.25, 0.3) is 0 Å². The van der Waals surface area contributed by atoms with E-state index in [0.717, 1.165) is 10.0 Å². The van der Waals surface area contributed by atoms with Crippen LogP contribution in [0.2, 0.25) is 0 Å². The van der Waals surface area contributed by atoms with Gasteiger partial charge in [0, 0.05) is 23.1 Å². The number of hydrogen-bond acceptors (Lipinski definition) is 2. The maximum atomic E-state index is 12.3. The van der Waals surface area contributed by atoms with Crippen LogP contribution in [-0.2, 0) is 0 Å². The van der Waals surface area contributed by atoms with E-state index in [-0.39, 0.29) is 18.6 Å². The summed E-state index contributed by atoms with van der Waals surface area (Å²) in [5.74, 6) is 0. The molecular weight excluding hydrogens is 321 g/mol. The van der Waals surface area contributed by atoms with Crippen molar-refractivity contribution in [3.05, 3.63) is 34.3 Å². The van der Waals surface area contributed by atoms with Crippen molar-refractivity contribution in [1.29, 1.82) is 0 Å². The molecule has 2 unspecified atom stereocenters. The molecule has 108 valence electrons. The average Bonchev–Trinajstić information content (AvgIpc) is 2.25. The van der Waals surface area contributed by atoms with Crippen LogP contribution in [0.25, 0.3) is 0 Å². The Bertz CT molecular complexity index is 407. The fraction of sp³-hybridized carbons (Fsp3) is 0.538. The smallest absolute Gasteiger partial charge is 0.326 e. The highest BCUT2D eigenvalue weighted by Crippen LogP contribution is 2.27. The van der Waals surface area contributed by atoms with Crippen LogP contribution in [0.4, 0.5) is 13.2 Å². The number of alkyl halides is 3. The van der Waals surface area contributed by atoms with Crippen LogP contribution in [0.3, 0.4) is 0 Å². The van der Waals surface area contributed by atoms with Gasteiger partial charge in [-0.05, 0) is 31.7 Å². The van der Waals surface area contributed by atoms with Crippen LogP contribution < -0.4 is 5.73 Å². The third-order valence-corrected chi connectivity index (χ3v) is 3.40. The van der Waals surface area contributed by atoms with Gasteiger partial charge in [-0.25, -0.2) is 0 Å². The number of likely N-dealkylation sites (N-methyl/N-ethyl adjacent to an activating group) is 1. The van der Waals surface area contributed by atoms with E-state index in [1.54, 1.807) is 18.9 Å². The van der Waals surface area contributed by atoms with Crippen molar-refractivity contribution in [3.8, 4) is 0 Å². The van der Waals surface area contributed by atoms with Gasteiger partial charge in [-0.2, -0.15) is 13.2 Å². The lowest BCUT2D eigenvalue weighted by atomic mass is 9.99. The number of halogens is 4. The fourth-order valence-corrected chi connectivity index (χ4v) is 2.51. The molecule has 1 rings (SSSR count). The van der Waals surface area contributed by atoms with Gasteiger partial charge in [0.05, 0.1) is 6.42 Å². The van der Waals surface area contributed by atoms with Crippen molar-refractivity contribution in [1.82, 2.24) is 4.90 Å². The van der Waals surface area contributed by atoms with Crippen molar-refractivity contribution in [3.63, 3.8) is 0 Å². The highest BCUT2D eigenvalue weighted by atomic mass is 79.9. The summed E-state index contributed by atoms with van der Waals surface area (Å²) >= 11 is 3.36. The van der Waals surface area contributed by atoms with Gasteiger partial charge in [-0.1, -0.05) is 28.1 Å². The Hall–Kier alpha value is -0.590. The Morgan fingerprint density at radius 1 is 1.37 bits per heavy atom. The van der Waals surface area contributed by atoms with Crippen molar-refractivity contribution < 1.29 is 13.2 Å². The molecule has 19 heavy (non-hydrogen) atoms. The lowest BCUT2D eigenvalue weighted by molar-refractivity contribution is -0.138. The number of nitrogens with zero attached hydrogens (tertiary/aromatic N) is 1. The van der Waals surface area contributed by atoms with Crippen LogP contribution in [0.5, 0.6) is 0 Å². The second-order valence-corrected chi connectivity index (χ2v) is 5.62. The van der Waals surface area contributed by atoms with Crippen molar-refractivity contribution in [2.24, 2.45) is 5.73 Å². The monoisotopic (exact) mass is 338 g/mol. The molecule has 0 bridgehead atoms. The number of rotatable bonds is 5. The van der Waals surface area contributed by atoms with E-state index < -0.39 is 12.6 Å². The lowest BCUT2D eigenvalue weighted by Crippen LogP contribution is -2.38. The molecule has 2 N–H and O–H groups in total. The highest BCUT2D eigenvalue weighted by Gasteiger charge is 2.29. The van der Waals surface area contributed by atoms with Gasteiger partial charge in [0.2, 0.25) is 0 Å². The first-order chi connectivity index (χ1) is 8.70. The molecule has 6 heteroatoms. The van der Waals surface area contributed by atoms with Crippen molar-refractivity contribution in [2.75, 3.05) is 13.6 Å². The predicted molar refractivity (Wildman–Crippen MR) is 73.8 cm³/mol. The molecule has 0 aliphatic rings. The van der Waals surface area contributed by atoms with Crippen LogP contribution in [0, 0.1) is 0 Å². The first-order valence-electron chi connectivity index (χ1n) is 5.99. The number of benzene rings is 1. The zero-order valence-electron chi connectivity index (χ0n) is 10.9. The maximum Gasteiger partial charge on any atom is 0.390 e. The van der Waals surface area contributed by atoms with E-state index in [9.17, 15) is 13.2 Å². The van der Waals surface area contributed by atoms with Gasteiger partial charge in [0.15, 0.2) is 0 Å². The van der Waals surface area contributed by atoms with E-state index in [4.69, 9.17) is 5.73 Å². The highest BCUT2D eigenvalue weighted by molar-refractivity contribution is 9.10. The van der Waals surface area contributed by atoms with Gasteiger partial charge >= 0.3 is 6.18 Å². The summed E-state index contributed by atoms with van der Waals surface area (Å²) in [7, 11) is 1.67. The second-order valence-electron chi connectivity index (χ2n) is 4.70. The minimum absolute atomic E-state index is 0.0672. The molecule has 0 aliphatic carbocycles. The molecule has 0 aromatic heterocycles. The van der Waals surface area contributed by atoms with Crippen LogP contribution in [0.15, 0.2) is 28.7 Å². The molecule has 0 fully saturated rings. The van der Waals surface area contributed by atoms with E-state index in [0.29, 0.717) is 0 Å². The molecule has 0 saturated carbocycles. The van der Waals surface area contributed by atoms with Crippen LogP contribution in [0.1, 0.15) is 24.9 Å². The summed E-state index contributed by atoms with van der Waals surface area (Å²) in [6.07, 6.45) is -4.98. The Kier molecular flexibility index (Phi) is 5.82. The molecule has 2 nitrogen and oxygen atoms in total. The third kappa shape index (κ3) is 5.50. The van der Waals surface area contributed by atoms with Gasteiger partial charge in [-0.15, -0.1) is 0 Å². The quantitative estimate of drug-likeness (QED) is 0.886. The molecular formula is C13H18BrF3N2. The van der Waals surface area contributed by atoms with Gasteiger partial charge in [0.1, 0.15) is 0 Å². The lowest BCUT2D eigenvalue weighted by Gasteiger charge is -2.31. The van der Waals surface area contributed by atoms with Crippen molar-refractivity contribution >= 4 is 15.9 Å². The molecule has 0 saturated heterocycles. The summed E-state index contributed by atoms with van der Waals surface area (Å²) in [5.41, 5.74) is 6.83. The molecule has 0 heterocycles.